The van der Waals surface area contributed by atoms with Gasteiger partial charge in [0.15, 0.2) is 5.76 Å². The molecule has 31 heavy (non-hydrogen) atoms. The van der Waals surface area contributed by atoms with Crippen molar-refractivity contribution in [2.24, 2.45) is 0 Å². The highest BCUT2D eigenvalue weighted by Gasteiger charge is 2.20. The smallest absolute Gasteiger partial charge is 0.269 e. The van der Waals surface area contributed by atoms with Crippen molar-refractivity contribution in [2.75, 3.05) is 0 Å². The van der Waals surface area contributed by atoms with Gasteiger partial charge in [0.25, 0.3) is 5.69 Å². The summed E-state index contributed by atoms with van der Waals surface area (Å²) >= 11 is 12.6. The number of hydrogen-bond acceptors (Lipinski definition) is 5. The molecule has 4 aromatic rings. The zero-order chi connectivity index (χ0) is 22.1. The molecule has 1 heterocycles. The van der Waals surface area contributed by atoms with Crippen LogP contribution in [-0.2, 0) is 6.61 Å². The maximum absolute atomic E-state index is 13.3. The van der Waals surface area contributed by atoms with Gasteiger partial charge in [0.1, 0.15) is 12.2 Å². The van der Waals surface area contributed by atoms with E-state index in [9.17, 15) is 14.9 Å². The first-order valence-corrected chi connectivity index (χ1v) is 9.98. The lowest BCUT2D eigenvalue weighted by Crippen LogP contribution is -2.10. The van der Waals surface area contributed by atoms with E-state index in [1.54, 1.807) is 48.5 Å². The van der Waals surface area contributed by atoms with E-state index in [-0.39, 0.29) is 34.6 Å². The van der Waals surface area contributed by atoms with Crippen molar-refractivity contribution in [3.05, 3.63) is 102 Å². The third-order valence-electron chi connectivity index (χ3n) is 4.78. The summed E-state index contributed by atoms with van der Waals surface area (Å²) in [5.74, 6) is 0.186. The Balaban J connectivity index is 1.83. The van der Waals surface area contributed by atoms with Gasteiger partial charge in [-0.3, -0.25) is 14.9 Å². The SMILES string of the molecule is Cc1cc2oc(-c3ccccc3Cl)c(OCc3ccc([N+](=O)[O-])cc3)c(=O)c2cc1Cl. The van der Waals surface area contributed by atoms with Crippen LogP contribution in [0.5, 0.6) is 5.75 Å². The Hall–Kier alpha value is -3.35. The number of halogens is 2. The van der Waals surface area contributed by atoms with Crippen LogP contribution in [0.15, 0.2) is 69.9 Å². The average Bonchev–Trinajstić information content (AvgIpc) is 2.75. The molecule has 0 unspecified atom stereocenters. The lowest BCUT2D eigenvalue weighted by molar-refractivity contribution is -0.384. The molecule has 0 aliphatic heterocycles. The molecule has 156 valence electrons. The van der Waals surface area contributed by atoms with E-state index < -0.39 is 4.92 Å². The Morgan fingerprint density at radius 3 is 2.42 bits per heavy atom. The topological polar surface area (TPSA) is 82.6 Å². The molecule has 0 aliphatic carbocycles. The maximum Gasteiger partial charge on any atom is 0.269 e. The Morgan fingerprint density at radius 1 is 1.03 bits per heavy atom. The van der Waals surface area contributed by atoms with Gasteiger partial charge in [0, 0.05) is 22.7 Å². The van der Waals surface area contributed by atoms with Crippen LogP contribution >= 0.6 is 23.2 Å². The molecule has 8 heteroatoms. The molecule has 3 aromatic carbocycles. The van der Waals surface area contributed by atoms with E-state index in [0.717, 1.165) is 5.56 Å². The third kappa shape index (κ3) is 4.13. The summed E-state index contributed by atoms with van der Waals surface area (Å²) in [5.41, 5.74) is 1.87. The molecule has 0 bridgehead atoms. The monoisotopic (exact) mass is 455 g/mol. The van der Waals surface area contributed by atoms with Gasteiger partial charge in [-0.2, -0.15) is 0 Å². The number of nitro groups is 1. The van der Waals surface area contributed by atoms with E-state index in [4.69, 9.17) is 32.4 Å². The van der Waals surface area contributed by atoms with Gasteiger partial charge in [0.05, 0.1) is 15.3 Å². The standard InChI is InChI=1S/C23H15Cl2NO5/c1-13-10-20-17(11-19(13)25)21(27)23(22(31-20)16-4-2-3-5-18(16)24)30-12-14-6-8-15(9-7-14)26(28)29/h2-11H,12H2,1H3. The molecular formula is C23H15Cl2NO5. The molecule has 1 aromatic heterocycles. The third-order valence-corrected chi connectivity index (χ3v) is 5.52. The van der Waals surface area contributed by atoms with Crippen LogP contribution in [0.2, 0.25) is 10.0 Å². The predicted molar refractivity (Wildman–Crippen MR) is 120 cm³/mol. The number of nitrogens with zero attached hydrogens (tertiary/aromatic N) is 1. The Labute approximate surface area is 186 Å². The average molecular weight is 456 g/mol. The first-order chi connectivity index (χ1) is 14.8. The molecule has 0 atom stereocenters. The van der Waals surface area contributed by atoms with Crippen molar-refractivity contribution in [3.8, 4) is 17.1 Å². The van der Waals surface area contributed by atoms with Crippen molar-refractivity contribution in [1.82, 2.24) is 0 Å². The summed E-state index contributed by atoms with van der Waals surface area (Å²) in [6.45, 7) is 1.82. The van der Waals surface area contributed by atoms with Crippen LogP contribution < -0.4 is 10.2 Å². The van der Waals surface area contributed by atoms with Crippen molar-refractivity contribution >= 4 is 39.9 Å². The Bertz CT molecular complexity index is 1360. The summed E-state index contributed by atoms with van der Waals surface area (Å²) in [6, 6.07) is 16.1. The van der Waals surface area contributed by atoms with Crippen LogP contribution in [0, 0.1) is 17.0 Å². The van der Waals surface area contributed by atoms with E-state index in [2.05, 4.69) is 0 Å². The molecule has 6 nitrogen and oxygen atoms in total. The first kappa shape index (κ1) is 20.9. The number of non-ortho nitro benzene ring substituents is 1. The second-order valence-electron chi connectivity index (χ2n) is 6.88. The fraction of sp³-hybridized carbons (Fsp3) is 0.0870. The molecule has 0 radical (unpaired) electrons. The minimum Gasteiger partial charge on any atom is -0.481 e. The van der Waals surface area contributed by atoms with Gasteiger partial charge in [-0.25, -0.2) is 0 Å². The quantitative estimate of drug-likeness (QED) is 0.251. The normalized spacial score (nSPS) is 10.9. The minimum absolute atomic E-state index is 0.00526. The molecule has 0 aliphatic rings. The Kier molecular flexibility index (Phi) is 5.67. The van der Waals surface area contributed by atoms with Gasteiger partial charge in [0.2, 0.25) is 11.2 Å². The highest BCUT2D eigenvalue weighted by atomic mass is 35.5. The van der Waals surface area contributed by atoms with Gasteiger partial charge >= 0.3 is 0 Å². The number of aryl methyl sites for hydroxylation is 1. The molecule has 0 N–H and O–H groups in total. The van der Waals surface area contributed by atoms with E-state index in [0.29, 0.717) is 26.8 Å². The van der Waals surface area contributed by atoms with Crippen LogP contribution in [0.1, 0.15) is 11.1 Å². The van der Waals surface area contributed by atoms with Crippen molar-refractivity contribution < 1.29 is 14.1 Å². The maximum atomic E-state index is 13.3. The van der Waals surface area contributed by atoms with Gasteiger partial charge in [-0.1, -0.05) is 35.3 Å². The fourth-order valence-corrected chi connectivity index (χ4v) is 3.51. The fourth-order valence-electron chi connectivity index (χ4n) is 3.12. The van der Waals surface area contributed by atoms with E-state index in [1.807, 2.05) is 6.92 Å². The second kappa shape index (κ2) is 8.41. The lowest BCUT2D eigenvalue weighted by Gasteiger charge is -2.13. The molecule has 0 saturated carbocycles. The molecule has 0 spiro atoms. The number of fused-ring (bicyclic) bond motifs is 1. The molecule has 0 fully saturated rings. The summed E-state index contributed by atoms with van der Waals surface area (Å²) in [5, 5.41) is 12.0. The molecular weight excluding hydrogens is 441 g/mol. The Morgan fingerprint density at radius 2 is 1.74 bits per heavy atom. The first-order valence-electron chi connectivity index (χ1n) is 9.23. The van der Waals surface area contributed by atoms with Crippen LogP contribution in [0.3, 0.4) is 0 Å². The number of ether oxygens (including phenoxy) is 1. The predicted octanol–water partition coefficient (Wildman–Crippen LogP) is 6.56. The van der Waals surface area contributed by atoms with E-state index >= 15 is 0 Å². The highest BCUT2D eigenvalue weighted by molar-refractivity contribution is 6.33. The zero-order valence-electron chi connectivity index (χ0n) is 16.2. The summed E-state index contributed by atoms with van der Waals surface area (Å²) in [4.78, 5) is 23.6. The van der Waals surface area contributed by atoms with Crippen LogP contribution in [0.25, 0.3) is 22.3 Å². The second-order valence-corrected chi connectivity index (χ2v) is 7.69. The number of nitro benzene ring substituents is 1. The summed E-state index contributed by atoms with van der Waals surface area (Å²) in [6.07, 6.45) is 0. The van der Waals surface area contributed by atoms with Gasteiger partial charge in [-0.05, 0) is 54.4 Å². The lowest BCUT2D eigenvalue weighted by atomic mass is 10.1. The van der Waals surface area contributed by atoms with Gasteiger partial charge in [-0.15, -0.1) is 0 Å². The largest absolute Gasteiger partial charge is 0.481 e. The molecule has 0 amide bonds. The number of rotatable bonds is 5. The van der Waals surface area contributed by atoms with Crippen molar-refractivity contribution in [2.45, 2.75) is 13.5 Å². The van der Waals surface area contributed by atoms with Gasteiger partial charge < -0.3 is 9.15 Å². The molecule has 4 rings (SSSR count). The minimum atomic E-state index is -0.482. The van der Waals surface area contributed by atoms with Crippen molar-refractivity contribution in [3.63, 3.8) is 0 Å². The van der Waals surface area contributed by atoms with Crippen molar-refractivity contribution in [1.29, 1.82) is 0 Å². The summed E-state index contributed by atoms with van der Waals surface area (Å²) in [7, 11) is 0. The molecule has 0 saturated heterocycles. The zero-order valence-corrected chi connectivity index (χ0v) is 17.7. The summed E-state index contributed by atoms with van der Waals surface area (Å²) < 4.78 is 11.9. The van der Waals surface area contributed by atoms with Crippen LogP contribution in [0.4, 0.5) is 5.69 Å². The number of benzene rings is 3. The number of hydrogen-bond donors (Lipinski definition) is 0. The van der Waals surface area contributed by atoms with Crippen LogP contribution in [-0.4, -0.2) is 4.92 Å². The highest BCUT2D eigenvalue weighted by Crippen LogP contribution is 2.36. The van der Waals surface area contributed by atoms with E-state index in [1.165, 1.54) is 12.1 Å².